The van der Waals surface area contributed by atoms with Gasteiger partial charge in [0.2, 0.25) is 5.89 Å². The van der Waals surface area contributed by atoms with Crippen LogP contribution in [0.25, 0.3) is 33.8 Å². The molecule has 0 unspecified atom stereocenters. The van der Waals surface area contributed by atoms with Gasteiger partial charge in [0.15, 0.2) is 5.58 Å². The molecule has 0 atom stereocenters. The summed E-state index contributed by atoms with van der Waals surface area (Å²) in [6.45, 7) is 7.49. The highest BCUT2D eigenvalue weighted by atomic mass is 19.4. The van der Waals surface area contributed by atoms with Gasteiger partial charge in [0.25, 0.3) is 5.91 Å². The molecule has 13 heteroatoms. The number of oxazole rings is 1. The topological polar surface area (TPSA) is 113 Å². The molecule has 2 aromatic heterocycles. The van der Waals surface area contributed by atoms with Crippen molar-refractivity contribution < 1.29 is 41.2 Å². The van der Waals surface area contributed by atoms with Gasteiger partial charge in [0, 0.05) is 43.3 Å². The molecule has 0 radical (unpaired) electrons. The molecule has 4 aromatic rings. The fraction of sp³-hybridized carbons (Fsp3) is 0.308. The first kappa shape index (κ1) is 27.8. The normalized spacial score (nSPS) is 14.4. The zero-order valence-corrected chi connectivity index (χ0v) is 20.9. The average molecular weight is 548 g/mol. The number of amides is 1. The molecule has 0 spiro atoms. The summed E-state index contributed by atoms with van der Waals surface area (Å²) in [6, 6.07) is 11.7. The minimum absolute atomic E-state index is 0.00499. The first-order chi connectivity index (χ1) is 18.4. The van der Waals surface area contributed by atoms with Crippen molar-refractivity contribution in [2.75, 3.05) is 26.2 Å². The Balaban J connectivity index is 0.000000448. The van der Waals surface area contributed by atoms with Crippen molar-refractivity contribution in [3.63, 3.8) is 0 Å². The summed E-state index contributed by atoms with van der Waals surface area (Å²) in [6.07, 6.45) is -3.60. The predicted molar refractivity (Wildman–Crippen MR) is 131 cm³/mol. The van der Waals surface area contributed by atoms with E-state index in [0.29, 0.717) is 58.5 Å². The van der Waals surface area contributed by atoms with Crippen molar-refractivity contribution in [3.8, 4) is 22.8 Å². The van der Waals surface area contributed by atoms with E-state index in [2.05, 4.69) is 28.9 Å². The van der Waals surface area contributed by atoms with Crippen molar-refractivity contribution in [3.05, 3.63) is 60.1 Å². The molecule has 206 valence electrons. The number of aromatic nitrogens is 2. The van der Waals surface area contributed by atoms with Crippen LogP contribution in [0.2, 0.25) is 0 Å². The second-order valence-corrected chi connectivity index (χ2v) is 9.01. The fourth-order valence-corrected chi connectivity index (χ4v) is 3.99. The van der Waals surface area contributed by atoms with Crippen LogP contribution < -0.4 is 0 Å². The monoisotopic (exact) mass is 548 g/mol. The number of nitrogens with zero attached hydrogens (tertiary/aromatic N) is 4. The third-order valence-corrected chi connectivity index (χ3v) is 6.13. The third-order valence-electron chi connectivity index (χ3n) is 6.13. The molecule has 5 rings (SSSR count). The number of fused-ring (bicyclic) bond motifs is 1. The van der Waals surface area contributed by atoms with Crippen LogP contribution in [-0.2, 0) is 4.79 Å². The van der Waals surface area contributed by atoms with Crippen LogP contribution >= 0.6 is 0 Å². The molecule has 1 fully saturated rings. The summed E-state index contributed by atoms with van der Waals surface area (Å²) < 4.78 is 55.9. The molecule has 0 bridgehead atoms. The number of hydrogen-bond donors (Lipinski definition) is 1. The Labute approximate surface area is 219 Å². The molecule has 9 nitrogen and oxygen atoms in total. The average Bonchev–Trinajstić information content (AvgIpc) is 3.55. The number of carbonyl (C=O) groups excluding carboxylic acids is 1. The number of carboxylic acid groups (broad SMARTS) is 1. The number of aliphatic carboxylic acids is 1. The number of halogens is 4. The fourth-order valence-electron chi connectivity index (χ4n) is 3.99. The molecule has 0 aliphatic carbocycles. The van der Waals surface area contributed by atoms with Crippen molar-refractivity contribution in [1.29, 1.82) is 0 Å². The molecule has 1 amide bonds. The number of piperazine rings is 1. The molecule has 1 aliphatic heterocycles. The number of alkyl halides is 3. The minimum atomic E-state index is -5.08. The van der Waals surface area contributed by atoms with Gasteiger partial charge in [0.1, 0.15) is 23.5 Å². The Morgan fingerprint density at radius 2 is 1.67 bits per heavy atom. The van der Waals surface area contributed by atoms with E-state index >= 15 is 0 Å². The first-order valence-electron chi connectivity index (χ1n) is 11.9. The van der Waals surface area contributed by atoms with Crippen molar-refractivity contribution in [2.24, 2.45) is 0 Å². The molecular formula is C26H24F4N4O5. The highest BCUT2D eigenvalue weighted by molar-refractivity contribution is 6.00. The van der Waals surface area contributed by atoms with Gasteiger partial charge < -0.3 is 18.9 Å². The van der Waals surface area contributed by atoms with Crippen LogP contribution in [-0.4, -0.2) is 75.3 Å². The Morgan fingerprint density at radius 1 is 1.03 bits per heavy atom. The first-order valence-corrected chi connectivity index (χ1v) is 11.9. The maximum atomic E-state index is 13.2. The Hall–Kier alpha value is -4.26. The molecule has 0 saturated carbocycles. The Kier molecular flexibility index (Phi) is 8.00. The number of carbonyl (C=O) groups is 2. The number of carboxylic acids is 1. The van der Waals surface area contributed by atoms with Crippen LogP contribution in [0.3, 0.4) is 0 Å². The lowest BCUT2D eigenvalue weighted by atomic mass is 10.1. The summed E-state index contributed by atoms with van der Waals surface area (Å²) in [7, 11) is 0. The zero-order valence-electron chi connectivity index (χ0n) is 20.9. The van der Waals surface area contributed by atoms with Crippen LogP contribution in [0.4, 0.5) is 17.6 Å². The smallest absolute Gasteiger partial charge is 0.475 e. The van der Waals surface area contributed by atoms with Gasteiger partial charge in [-0.25, -0.2) is 14.2 Å². The molecule has 2 aromatic carbocycles. The quantitative estimate of drug-likeness (QED) is 0.351. The van der Waals surface area contributed by atoms with E-state index in [1.54, 1.807) is 30.3 Å². The summed E-state index contributed by atoms with van der Waals surface area (Å²) in [4.78, 5) is 30.7. The van der Waals surface area contributed by atoms with Crippen LogP contribution in [0.1, 0.15) is 24.2 Å². The lowest BCUT2D eigenvalue weighted by molar-refractivity contribution is -0.192. The number of benzene rings is 2. The number of hydrogen-bond acceptors (Lipinski definition) is 7. The number of rotatable bonds is 4. The van der Waals surface area contributed by atoms with Gasteiger partial charge in [-0.15, -0.1) is 0 Å². The SMILES string of the molecule is CC(C)N1CCN(C(=O)c2ccc3onc(-c4coc(-c5ccc(F)cc5)n4)c3c2)CC1.O=C(O)C(F)(F)F. The van der Waals surface area contributed by atoms with Crippen LogP contribution in [0.15, 0.2) is 57.7 Å². The van der Waals surface area contributed by atoms with Crippen LogP contribution in [0.5, 0.6) is 0 Å². The highest BCUT2D eigenvalue weighted by Gasteiger charge is 2.38. The highest BCUT2D eigenvalue weighted by Crippen LogP contribution is 2.31. The summed E-state index contributed by atoms with van der Waals surface area (Å²) >= 11 is 0. The van der Waals surface area contributed by atoms with E-state index in [1.165, 1.54) is 18.4 Å². The van der Waals surface area contributed by atoms with Gasteiger partial charge in [-0.3, -0.25) is 9.69 Å². The molecule has 1 aliphatic rings. The molecule has 1 N–H and O–H groups in total. The van der Waals surface area contributed by atoms with Gasteiger partial charge in [-0.2, -0.15) is 13.2 Å². The van der Waals surface area contributed by atoms with Gasteiger partial charge in [-0.1, -0.05) is 5.16 Å². The second-order valence-electron chi connectivity index (χ2n) is 9.01. The molecule has 3 heterocycles. The van der Waals surface area contributed by atoms with Crippen molar-refractivity contribution >= 4 is 22.8 Å². The summed E-state index contributed by atoms with van der Waals surface area (Å²) in [5.41, 5.74) is 2.78. The maximum Gasteiger partial charge on any atom is 0.490 e. The van der Waals surface area contributed by atoms with E-state index in [4.69, 9.17) is 18.8 Å². The minimum Gasteiger partial charge on any atom is -0.475 e. The maximum absolute atomic E-state index is 13.2. The van der Waals surface area contributed by atoms with E-state index in [0.717, 1.165) is 13.1 Å². The van der Waals surface area contributed by atoms with E-state index in [1.807, 2.05) is 4.90 Å². The predicted octanol–water partition coefficient (Wildman–Crippen LogP) is 5.09. The van der Waals surface area contributed by atoms with Gasteiger partial charge in [0.05, 0.1) is 5.39 Å². The van der Waals surface area contributed by atoms with E-state index in [-0.39, 0.29) is 11.7 Å². The lowest BCUT2D eigenvalue weighted by Gasteiger charge is -2.36. The molecule has 39 heavy (non-hydrogen) atoms. The van der Waals surface area contributed by atoms with Crippen LogP contribution in [0, 0.1) is 5.82 Å². The Bertz CT molecular complexity index is 1460. The third kappa shape index (κ3) is 6.42. The summed E-state index contributed by atoms with van der Waals surface area (Å²) in [5, 5.41) is 12.0. The van der Waals surface area contributed by atoms with Crippen molar-refractivity contribution in [1.82, 2.24) is 19.9 Å². The molecule has 1 saturated heterocycles. The molecular weight excluding hydrogens is 524 g/mol. The standard InChI is InChI=1S/C24H23FN4O3.C2HF3O2/c1-15(2)28-9-11-29(12-10-28)24(30)17-5-8-21-19(13-17)22(27-32-21)20-14-31-23(26-20)16-3-6-18(25)7-4-16;3-2(4,5)1(6)7/h3-8,13-15H,9-12H2,1-2H3;(H,6,7). The van der Waals surface area contributed by atoms with Crippen molar-refractivity contribution in [2.45, 2.75) is 26.1 Å². The largest absolute Gasteiger partial charge is 0.490 e. The zero-order chi connectivity index (χ0) is 28.3. The second kappa shape index (κ2) is 11.2. The van der Waals surface area contributed by atoms with Gasteiger partial charge >= 0.3 is 12.1 Å². The van der Waals surface area contributed by atoms with Gasteiger partial charge in [-0.05, 0) is 56.3 Å². The Morgan fingerprint density at radius 3 is 2.26 bits per heavy atom. The van der Waals surface area contributed by atoms with E-state index in [9.17, 15) is 22.4 Å². The lowest BCUT2D eigenvalue weighted by Crippen LogP contribution is -2.50. The summed E-state index contributed by atoms with van der Waals surface area (Å²) in [5.74, 6) is -2.74. The van der Waals surface area contributed by atoms with E-state index < -0.39 is 12.1 Å².